The van der Waals surface area contributed by atoms with Gasteiger partial charge in [0, 0.05) is 31.6 Å². The van der Waals surface area contributed by atoms with Gasteiger partial charge in [-0.1, -0.05) is 13.0 Å². The Hall–Kier alpha value is -1.46. The van der Waals surface area contributed by atoms with Gasteiger partial charge in [0.05, 0.1) is 12.5 Å². The van der Waals surface area contributed by atoms with Crippen molar-refractivity contribution in [3.8, 4) is 0 Å². The fourth-order valence-electron chi connectivity index (χ4n) is 2.94. The zero-order valence-electron chi connectivity index (χ0n) is 15.3. The molecule has 0 unspecified atom stereocenters. The molecule has 0 atom stereocenters. The smallest absolute Gasteiger partial charge is 0.228 e. The van der Waals surface area contributed by atoms with Crippen molar-refractivity contribution >= 4 is 5.91 Å². The maximum atomic E-state index is 12.4. The van der Waals surface area contributed by atoms with E-state index in [9.17, 15) is 4.79 Å². The van der Waals surface area contributed by atoms with Crippen molar-refractivity contribution in [1.29, 1.82) is 0 Å². The summed E-state index contributed by atoms with van der Waals surface area (Å²) in [5.41, 5.74) is 2.07. The fourth-order valence-corrected chi connectivity index (χ4v) is 2.94. The number of ether oxygens (including phenoxy) is 1. The standard InChI is InChI=1S/C19H31N3O2/c1-4-16-6-7-17(20-15-16)14-19(23)22-11-8-18(9-12-22)24-13-5-10-21(2)3/h6-7,15,18H,4-5,8-14H2,1-3H3. The highest BCUT2D eigenvalue weighted by Gasteiger charge is 2.23. The quantitative estimate of drug-likeness (QED) is 0.684. The minimum absolute atomic E-state index is 0.179. The molecule has 134 valence electrons. The van der Waals surface area contributed by atoms with E-state index in [2.05, 4.69) is 37.0 Å². The van der Waals surface area contributed by atoms with Crippen LogP contribution in [0.15, 0.2) is 18.3 Å². The van der Waals surface area contributed by atoms with Crippen LogP contribution in [0.25, 0.3) is 0 Å². The van der Waals surface area contributed by atoms with E-state index in [0.29, 0.717) is 12.5 Å². The molecule has 1 aliphatic rings. The predicted octanol–water partition coefficient (Wildman–Crippen LogP) is 2.15. The van der Waals surface area contributed by atoms with Gasteiger partial charge in [-0.05, 0) is 58.0 Å². The van der Waals surface area contributed by atoms with Gasteiger partial charge in [-0.25, -0.2) is 0 Å². The van der Waals surface area contributed by atoms with E-state index in [4.69, 9.17) is 4.74 Å². The molecule has 0 radical (unpaired) electrons. The lowest BCUT2D eigenvalue weighted by atomic mass is 10.1. The van der Waals surface area contributed by atoms with Crippen molar-refractivity contribution in [3.63, 3.8) is 0 Å². The van der Waals surface area contributed by atoms with Gasteiger partial charge in [0.1, 0.15) is 0 Å². The second-order valence-corrected chi connectivity index (χ2v) is 6.80. The van der Waals surface area contributed by atoms with E-state index in [-0.39, 0.29) is 5.91 Å². The van der Waals surface area contributed by atoms with E-state index < -0.39 is 0 Å². The van der Waals surface area contributed by atoms with Gasteiger partial charge < -0.3 is 14.5 Å². The van der Waals surface area contributed by atoms with Crippen LogP contribution < -0.4 is 0 Å². The van der Waals surface area contributed by atoms with Crippen molar-refractivity contribution in [2.75, 3.05) is 40.3 Å². The molecular weight excluding hydrogens is 302 g/mol. The second kappa shape index (κ2) is 9.74. The number of amides is 1. The fraction of sp³-hybridized carbons (Fsp3) is 0.684. The summed E-state index contributed by atoms with van der Waals surface area (Å²) in [4.78, 5) is 20.9. The number of aryl methyl sites for hydroxylation is 1. The van der Waals surface area contributed by atoms with Crippen LogP contribution in [0.4, 0.5) is 0 Å². The molecule has 0 saturated carbocycles. The van der Waals surface area contributed by atoms with Crippen LogP contribution >= 0.6 is 0 Å². The highest BCUT2D eigenvalue weighted by molar-refractivity contribution is 5.78. The molecule has 0 N–H and O–H groups in total. The summed E-state index contributed by atoms with van der Waals surface area (Å²) < 4.78 is 5.93. The Morgan fingerprint density at radius 2 is 2.08 bits per heavy atom. The average Bonchev–Trinajstić information content (AvgIpc) is 2.59. The number of carbonyl (C=O) groups is 1. The summed E-state index contributed by atoms with van der Waals surface area (Å²) >= 11 is 0. The van der Waals surface area contributed by atoms with Crippen LogP contribution in [0.3, 0.4) is 0 Å². The molecule has 1 fully saturated rings. The lowest BCUT2D eigenvalue weighted by Gasteiger charge is -2.32. The van der Waals surface area contributed by atoms with Crippen molar-refractivity contribution in [1.82, 2.24) is 14.8 Å². The molecule has 24 heavy (non-hydrogen) atoms. The summed E-state index contributed by atoms with van der Waals surface area (Å²) in [6.07, 6.45) is 6.49. The van der Waals surface area contributed by atoms with E-state index in [1.54, 1.807) is 0 Å². The molecule has 0 spiro atoms. The average molecular weight is 333 g/mol. The van der Waals surface area contributed by atoms with Gasteiger partial charge in [-0.15, -0.1) is 0 Å². The number of rotatable bonds is 8. The Balaban J connectivity index is 1.68. The molecule has 2 rings (SSSR count). The molecular formula is C19H31N3O2. The SMILES string of the molecule is CCc1ccc(CC(=O)N2CCC(OCCCN(C)C)CC2)nc1. The molecule has 1 amide bonds. The number of hydrogen-bond acceptors (Lipinski definition) is 4. The van der Waals surface area contributed by atoms with Crippen molar-refractivity contribution in [2.45, 2.75) is 45.1 Å². The molecule has 1 saturated heterocycles. The number of hydrogen-bond donors (Lipinski definition) is 0. The number of likely N-dealkylation sites (tertiary alicyclic amines) is 1. The third-order valence-corrected chi connectivity index (χ3v) is 4.52. The first-order valence-corrected chi connectivity index (χ1v) is 9.06. The molecule has 0 bridgehead atoms. The third-order valence-electron chi connectivity index (χ3n) is 4.52. The molecule has 2 heterocycles. The summed E-state index contributed by atoms with van der Waals surface area (Å²) in [6, 6.07) is 4.03. The third kappa shape index (κ3) is 6.21. The number of aromatic nitrogens is 1. The highest BCUT2D eigenvalue weighted by Crippen LogP contribution is 2.15. The molecule has 5 heteroatoms. The van der Waals surface area contributed by atoms with Gasteiger partial charge in [0.2, 0.25) is 5.91 Å². The maximum absolute atomic E-state index is 12.4. The monoisotopic (exact) mass is 333 g/mol. The number of pyridine rings is 1. The van der Waals surface area contributed by atoms with Crippen molar-refractivity contribution < 1.29 is 9.53 Å². The molecule has 5 nitrogen and oxygen atoms in total. The van der Waals surface area contributed by atoms with Gasteiger partial charge >= 0.3 is 0 Å². The first-order valence-electron chi connectivity index (χ1n) is 9.06. The minimum atomic E-state index is 0.179. The molecule has 1 aromatic rings. The van der Waals surface area contributed by atoms with Crippen LogP contribution in [-0.4, -0.2) is 67.1 Å². The lowest BCUT2D eigenvalue weighted by Crippen LogP contribution is -2.41. The molecule has 0 aromatic carbocycles. The van der Waals surface area contributed by atoms with Gasteiger partial charge in [-0.2, -0.15) is 0 Å². The maximum Gasteiger partial charge on any atom is 0.228 e. The van der Waals surface area contributed by atoms with Gasteiger partial charge in [0.25, 0.3) is 0 Å². The summed E-state index contributed by atoms with van der Waals surface area (Å²) in [6.45, 7) is 5.56. The van der Waals surface area contributed by atoms with E-state index >= 15 is 0 Å². The van der Waals surface area contributed by atoms with Crippen LogP contribution in [0.5, 0.6) is 0 Å². The lowest BCUT2D eigenvalue weighted by molar-refractivity contribution is -0.133. The summed E-state index contributed by atoms with van der Waals surface area (Å²) in [7, 11) is 4.16. The van der Waals surface area contributed by atoms with E-state index in [1.165, 1.54) is 5.56 Å². The van der Waals surface area contributed by atoms with Crippen LogP contribution in [0.1, 0.15) is 37.4 Å². The number of piperidine rings is 1. The number of nitrogens with zero attached hydrogens (tertiary/aromatic N) is 3. The first kappa shape index (κ1) is 18.9. The largest absolute Gasteiger partial charge is 0.378 e. The highest BCUT2D eigenvalue weighted by atomic mass is 16.5. The summed E-state index contributed by atoms with van der Waals surface area (Å²) in [5, 5.41) is 0. The predicted molar refractivity (Wildman–Crippen MR) is 96.0 cm³/mol. The first-order chi connectivity index (χ1) is 11.6. The van der Waals surface area contributed by atoms with E-state index in [0.717, 1.165) is 57.6 Å². The zero-order chi connectivity index (χ0) is 17.4. The van der Waals surface area contributed by atoms with Gasteiger partial charge in [0.15, 0.2) is 0 Å². The van der Waals surface area contributed by atoms with Gasteiger partial charge in [-0.3, -0.25) is 9.78 Å². The van der Waals surface area contributed by atoms with Crippen molar-refractivity contribution in [2.24, 2.45) is 0 Å². The van der Waals surface area contributed by atoms with Crippen molar-refractivity contribution in [3.05, 3.63) is 29.6 Å². The minimum Gasteiger partial charge on any atom is -0.378 e. The zero-order valence-corrected chi connectivity index (χ0v) is 15.3. The summed E-state index contributed by atoms with van der Waals surface area (Å²) in [5.74, 6) is 0.179. The molecule has 1 aromatic heterocycles. The Bertz CT molecular complexity index is 494. The Morgan fingerprint density at radius 1 is 1.33 bits per heavy atom. The van der Waals surface area contributed by atoms with Crippen LogP contribution in [-0.2, 0) is 22.4 Å². The molecule has 0 aliphatic carbocycles. The van der Waals surface area contributed by atoms with Crippen LogP contribution in [0.2, 0.25) is 0 Å². The normalized spacial score (nSPS) is 15.9. The Kier molecular flexibility index (Phi) is 7.66. The Morgan fingerprint density at radius 3 is 2.67 bits per heavy atom. The topological polar surface area (TPSA) is 45.7 Å². The van der Waals surface area contributed by atoms with E-state index in [1.807, 2.05) is 17.2 Å². The Labute approximate surface area is 146 Å². The number of carbonyl (C=O) groups excluding carboxylic acids is 1. The molecule has 1 aliphatic heterocycles. The second-order valence-electron chi connectivity index (χ2n) is 6.80. The van der Waals surface area contributed by atoms with Crippen LogP contribution in [0, 0.1) is 0 Å².